The van der Waals surface area contributed by atoms with Crippen LogP contribution in [0, 0.1) is 0 Å². The highest BCUT2D eigenvalue weighted by Gasteiger charge is 2.21. The van der Waals surface area contributed by atoms with Crippen molar-refractivity contribution in [2.24, 2.45) is 0 Å². The van der Waals surface area contributed by atoms with E-state index in [1.54, 1.807) is 12.1 Å². The second kappa shape index (κ2) is 5.17. The van der Waals surface area contributed by atoms with Crippen LogP contribution in [0.5, 0.6) is 11.5 Å². The molecule has 0 saturated heterocycles. The van der Waals surface area contributed by atoms with Crippen LogP contribution in [0.1, 0.15) is 5.56 Å². The molecular weight excluding hydrogens is 258 g/mol. The molecule has 0 amide bonds. The van der Waals surface area contributed by atoms with E-state index in [-0.39, 0.29) is 5.63 Å². The Morgan fingerprint density at radius 2 is 2.20 bits per heavy atom. The van der Waals surface area contributed by atoms with Crippen LogP contribution in [0.2, 0.25) is 0 Å². The fraction of sp³-hybridized carbons (Fsp3) is 0.400. The summed E-state index contributed by atoms with van der Waals surface area (Å²) >= 11 is 0. The molecule has 20 heavy (non-hydrogen) atoms. The summed E-state index contributed by atoms with van der Waals surface area (Å²) in [4.78, 5) is 13.4. The first-order valence-electron chi connectivity index (χ1n) is 6.65. The molecule has 1 aromatic carbocycles. The largest absolute Gasteiger partial charge is 0.493 e. The number of likely N-dealkylation sites (N-methyl/N-ethyl adjacent to an activating group) is 1. The molecule has 0 atom stereocenters. The van der Waals surface area contributed by atoms with Gasteiger partial charge in [0.2, 0.25) is 0 Å². The fourth-order valence-corrected chi connectivity index (χ4v) is 2.33. The fourth-order valence-electron chi connectivity index (χ4n) is 2.33. The predicted octanol–water partition coefficient (Wildman–Crippen LogP) is 1.67. The van der Waals surface area contributed by atoms with Crippen LogP contribution in [-0.4, -0.2) is 38.8 Å². The van der Waals surface area contributed by atoms with Crippen molar-refractivity contribution in [1.29, 1.82) is 0 Å². The summed E-state index contributed by atoms with van der Waals surface area (Å²) < 4.78 is 16.7. The third-order valence-electron chi connectivity index (χ3n) is 3.33. The van der Waals surface area contributed by atoms with E-state index in [0.717, 1.165) is 35.4 Å². The first kappa shape index (κ1) is 13.0. The van der Waals surface area contributed by atoms with Crippen LogP contribution >= 0.6 is 0 Å². The lowest BCUT2D eigenvalue weighted by molar-refractivity contribution is 0.262. The van der Waals surface area contributed by atoms with Crippen molar-refractivity contribution in [2.45, 2.75) is 6.42 Å². The molecule has 0 spiro atoms. The van der Waals surface area contributed by atoms with Crippen molar-refractivity contribution < 1.29 is 13.9 Å². The lowest BCUT2D eigenvalue weighted by Gasteiger charge is -2.14. The van der Waals surface area contributed by atoms with E-state index < -0.39 is 0 Å². The zero-order valence-electron chi connectivity index (χ0n) is 11.6. The van der Waals surface area contributed by atoms with Crippen LogP contribution < -0.4 is 15.1 Å². The smallest absolute Gasteiger partial charge is 0.336 e. The highest BCUT2D eigenvalue weighted by Crippen LogP contribution is 2.39. The van der Waals surface area contributed by atoms with E-state index in [0.29, 0.717) is 18.8 Å². The molecule has 5 heteroatoms. The topological polar surface area (TPSA) is 51.9 Å². The average molecular weight is 275 g/mol. The quantitative estimate of drug-likeness (QED) is 0.794. The normalized spacial score (nSPS) is 13.6. The van der Waals surface area contributed by atoms with Crippen molar-refractivity contribution in [3.63, 3.8) is 0 Å². The second-order valence-corrected chi connectivity index (χ2v) is 5.10. The van der Waals surface area contributed by atoms with Crippen molar-refractivity contribution in [2.75, 3.05) is 33.9 Å². The molecule has 0 unspecified atom stereocenters. The van der Waals surface area contributed by atoms with Crippen molar-refractivity contribution in [1.82, 2.24) is 4.90 Å². The molecule has 1 aromatic heterocycles. The molecule has 2 aromatic rings. The Hall–Kier alpha value is -2.01. The molecule has 5 nitrogen and oxygen atoms in total. The van der Waals surface area contributed by atoms with E-state index in [4.69, 9.17) is 13.9 Å². The maximum atomic E-state index is 11.3. The standard InChI is InChI=1S/C15H17NO4/c1-16(2)6-8-19-15-10-3-4-14(17)20-13(10)9-12-11(15)5-7-18-12/h3-4,9H,5-8H2,1-2H3. The van der Waals surface area contributed by atoms with Gasteiger partial charge in [-0.3, -0.25) is 0 Å². The Kier molecular flexibility index (Phi) is 3.36. The van der Waals surface area contributed by atoms with Crippen molar-refractivity contribution in [3.8, 4) is 11.5 Å². The van der Waals surface area contributed by atoms with E-state index in [1.807, 2.05) is 14.1 Å². The molecule has 0 aliphatic carbocycles. The molecule has 0 bridgehead atoms. The first-order valence-corrected chi connectivity index (χ1v) is 6.65. The third kappa shape index (κ3) is 2.36. The number of rotatable bonds is 4. The minimum absolute atomic E-state index is 0.366. The summed E-state index contributed by atoms with van der Waals surface area (Å²) in [5, 5.41) is 0.826. The minimum atomic E-state index is -0.366. The minimum Gasteiger partial charge on any atom is -0.493 e. The maximum absolute atomic E-state index is 11.3. The van der Waals surface area contributed by atoms with Crippen LogP contribution in [0.15, 0.2) is 27.4 Å². The number of ether oxygens (including phenoxy) is 2. The Morgan fingerprint density at radius 1 is 1.35 bits per heavy atom. The average Bonchev–Trinajstić information content (AvgIpc) is 2.85. The number of benzene rings is 1. The zero-order chi connectivity index (χ0) is 14.1. The van der Waals surface area contributed by atoms with Gasteiger partial charge in [0.25, 0.3) is 0 Å². The lowest BCUT2D eigenvalue weighted by atomic mass is 10.1. The van der Waals surface area contributed by atoms with Gasteiger partial charge in [0.15, 0.2) is 0 Å². The van der Waals surface area contributed by atoms with Crippen molar-refractivity contribution >= 4 is 11.0 Å². The van der Waals surface area contributed by atoms with Crippen molar-refractivity contribution in [3.05, 3.63) is 34.2 Å². The number of fused-ring (bicyclic) bond motifs is 2. The molecule has 0 saturated carbocycles. The maximum Gasteiger partial charge on any atom is 0.336 e. The molecule has 0 fully saturated rings. The SMILES string of the molecule is CN(C)CCOc1c2c(cc3oc(=O)ccc13)OCC2. The highest BCUT2D eigenvalue weighted by atomic mass is 16.5. The van der Waals surface area contributed by atoms with Gasteiger partial charge in [0.1, 0.15) is 23.7 Å². The molecule has 2 heterocycles. The van der Waals surface area contributed by atoms with Gasteiger partial charge in [-0.25, -0.2) is 4.79 Å². The summed E-state index contributed by atoms with van der Waals surface area (Å²) in [6.45, 7) is 2.04. The molecular formula is C15H17NO4. The molecule has 106 valence electrons. The van der Waals surface area contributed by atoms with E-state index in [1.165, 1.54) is 6.07 Å². The number of hydrogen-bond donors (Lipinski definition) is 0. The van der Waals surface area contributed by atoms with E-state index in [2.05, 4.69) is 4.90 Å². The monoisotopic (exact) mass is 275 g/mol. The molecule has 0 N–H and O–H groups in total. The molecule has 0 radical (unpaired) electrons. The summed E-state index contributed by atoms with van der Waals surface area (Å²) in [6, 6.07) is 4.95. The van der Waals surface area contributed by atoms with Gasteiger partial charge >= 0.3 is 5.63 Å². The van der Waals surface area contributed by atoms with Crippen LogP contribution in [-0.2, 0) is 6.42 Å². The Morgan fingerprint density at radius 3 is 3.00 bits per heavy atom. The van der Waals surface area contributed by atoms with Crippen LogP contribution in [0.3, 0.4) is 0 Å². The van der Waals surface area contributed by atoms with Gasteiger partial charge in [-0.1, -0.05) is 0 Å². The molecule has 1 aliphatic heterocycles. The Bertz CT molecular complexity index is 690. The van der Waals surface area contributed by atoms with Crippen LogP contribution in [0.4, 0.5) is 0 Å². The van der Waals surface area contributed by atoms with Gasteiger partial charge in [0, 0.05) is 30.7 Å². The molecule has 1 aliphatic rings. The zero-order valence-corrected chi connectivity index (χ0v) is 11.6. The number of nitrogens with zero attached hydrogens (tertiary/aromatic N) is 1. The molecule has 3 rings (SSSR count). The predicted molar refractivity (Wildman–Crippen MR) is 75.7 cm³/mol. The second-order valence-electron chi connectivity index (χ2n) is 5.10. The number of hydrogen-bond acceptors (Lipinski definition) is 5. The highest BCUT2D eigenvalue weighted by molar-refractivity contribution is 5.87. The van der Waals surface area contributed by atoms with Gasteiger partial charge < -0.3 is 18.8 Å². The van der Waals surface area contributed by atoms with E-state index in [9.17, 15) is 4.79 Å². The third-order valence-corrected chi connectivity index (χ3v) is 3.33. The van der Waals surface area contributed by atoms with E-state index >= 15 is 0 Å². The summed E-state index contributed by atoms with van der Waals surface area (Å²) in [7, 11) is 4.00. The van der Waals surface area contributed by atoms with Gasteiger partial charge in [0.05, 0.1) is 12.0 Å². The summed E-state index contributed by atoms with van der Waals surface area (Å²) in [5.74, 6) is 1.53. The Labute approximate surface area is 116 Å². The van der Waals surface area contributed by atoms with Gasteiger partial charge in [-0.15, -0.1) is 0 Å². The summed E-state index contributed by atoms with van der Waals surface area (Å²) in [6.07, 6.45) is 0.821. The first-order chi connectivity index (χ1) is 9.65. The lowest BCUT2D eigenvalue weighted by Crippen LogP contribution is -2.19. The van der Waals surface area contributed by atoms with Crippen LogP contribution in [0.25, 0.3) is 11.0 Å². The Balaban J connectivity index is 2.05. The van der Waals surface area contributed by atoms with Gasteiger partial charge in [-0.2, -0.15) is 0 Å². The van der Waals surface area contributed by atoms with Gasteiger partial charge in [-0.05, 0) is 20.2 Å². The summed E-state index contributed by atoms with van der Waals surface area (Å²) in [5.41, 5.74) is 1.21.